The van der Waals surface area contributed by atoms with Gasteiger partial charge >= 0.3 is 0 Å². The molecule has 0 bridgehead atoms. The number of nitrogens with zero attached hydrogens (tertiary/aromatic N) is 6. The van der Waals surface area contributed by atoms with Crippen LogP contribution in [0, 0.1) is 13.8 Å². The van der Waals surface area contributed by atoms with E-state index in [-0.39, 0.29) is 6.04 Å². The summed E-state index contributed by atoms with van der Waals surface area (Å²) < 4.78 is 8.07. The first-order valence-corrected chi connectivity index (χ1v) is 8.15. The van der Waals surface area contributed by atoms with E-state index in [1.54, 1.807) is 0 Å². The minimum absolute atomic E-state index is 0.0439. The van der Waals surface area contributed by atoms with Crippen molar-refractivity contribution in [1.82, 2.24) is 29.9 Å². The van der Waals surface area contributed by atoms with E-state index < -0.39 is 0 Å². The zero-order chi connectivity index (χ0) is 16.7. The van der Waals surface area contributed by atoms with Gasteiger partial charge in [-0.05, 0) is 32.9 Å². The van der Waals surface area contributed by atoms with Crippen molar-refractivity contribution >= 4 is 0 Å². The second-order valence-corrected chi connectivity index (χ2v) is 6.27. The van der Waals surface area contributed by atoms with Crippen LogP contribution in [0.3, 0.4) is 0 Å². The van der Waals surface area contributed by atoms with Gasteiger partial charge in [0.25, 0.3) is 0 Å². The van der Waals surface area contributed by atoms with E-state index in [4.69, 9.17) is 4.42 Å². The van der Waals surface area contributed by atoms with Crippen molar-refractivity contribution < 1.29 is 4.42 Å². The van der Waals surface area contributed by atoms with E-state index in [0.29, 0.717) is 11.8 Å². The minimum Gasteiger partial charge on any atom is -0.419 e. The van der Waals surface area contributed by atoms with Crippen LogP contribution < -0.4 is 0 Å². The zero-order valence-corrected chi connectivity index (χ0v) is 14.1. The van der Waals surface area contributed by atoms with Gasteiger partial charge < -0.3 is 8.98 Å². The van der Waals surface area contributed by atoms with Gasteiger partial charge in [0.15, 0.2) is 0 Å². The largest absolute Gasteiger partial charge is 0.419 e. The SMILES string of the molecule is Cc1ccc(-c2nnc([C@H](C)N3CCn4c(C)nnc4C3)o2)cc1. The van der Waals surface area contributed by atoms with Gasteiger partial charge in [-0.2, -0.15) is 0 Å². The Morgan fingerprint density at radius 2 is 1.79 bits per heavy atom. The highest BCUT2D eigenvalue weighted by Crippen LogP contribution is 2.26. The molecule has 0 spiro atoms. The molecule has 0 radical (unpaired) electrons. The van der Waals surface area contributed by atoms with Gasteiger partial charge in [-0.1, -0.05) is 17.7 Å². The average Bonchev–Trinajstić information content (AvgIpc) is 3.22. The second-order valence-electron chi connectivity index (χ2n) is 6.27. The molecule has 7 nitrogen and oxygen atoms in total. The molecule has 0 saturated heterocycles. The van der Waals surface area contributed by atoms with Crippen LogP contribution in [0.2, 0.25) is 0 Å². The molecule has 4 rings (SSSR count). The van der Waals surface area contributed by atoms with E-state index >= 15 is 0 Å². The van der Waals surface area contributed by atoms with Crippen LogP contribution in [-0.2, 0) is 13.1 Å². The van der Waals surface area contributed by atoms with Crippen molar-refractivity contribution in [3.63, 3.8) is 0 Å². The molecule has 3 heterocycles. The molecule has 24 heavy (non-hydrogen) atoms. The van der Waals surface area contributed by atoms with Crippen LogP contribution in [0.1, 0.15) is 36.1 Å². The van der Waals surface area contributed by atoms with Gasteiger partial charge in [-0.3, -0.25) is 4.90 Å². The highest BCUT2D eigenvalue weighted by molar-refractivity contribution is 5.52. The Morgan fingerprint density at radius 3 is 2.58 bits per heavy atom. The Hall–Kier alpha value is -2.54. The van der Waals surface area contributed by atoms with E-state index in [2.05, 4.69) is 43.7 Å². The molecular weight excluding hydrogens is 304 g/mol. The summed E-state index contributed by atoms with van der Waals surface area (Å²) in [6.45, 7) is 8.67. The van der Waals surface area contributed by atoms with Crippen molar-refractivity contribution in [3.8, 4) is 11.5 Å². The van der Waals surface area contributed by atoms with Gasteiger partial charge in [0.05, 0.1) is 12.6 Å². The quantitative estimate of drug-likeness (QED) is 0.737. The Balaban J connectivity index is 1.53. The fourth-order valence-electron chi connectivity index (χ4n) is 3.02. The first-order chi connectivity index (χ1) is 11.6. The smallest absolute Gasteiger partial charge is 0.247 e. The third-order valence-corrected chi connectivity index (χ3v) is 4.61. The molecule has 1 aliphatic heterocycles. The first kappa shape index (κ1) is 15.0. The molecule has 3 aromatic rings. The van der Waals surface area contributed by atoms with Crippen molar-refractivity contribution in [2.75, 3.05) is 6.54 Å². The molecule has 124 valence electrons. The second kappa shape index (κ2) is 5.83. The summed E-state index contributed by atoms with van der Waals surface area (Å²) in [6, 6.07) is 8.14. The standard InChI is InChI=1S/C17H20N6O/c1-11-4-6-14(7-5-11)17-21-20-16(24-17)12(2)22-8-9-23-13(3)18-19-15(23)10-22/h4-7,12H,8-10H2,1-3H3/t12-/m0/s1. The van der Waals surface area contributed by atoms with Gasteiger partial charge in [-0.25, -0.2) is 0 Å². The van der Waals surface area contributed by atoms with Gasteiger partial charge in [0.2, 0.25) is 11.8 Å². The predicted molar refractivity (Wildman–Crippen MR) is 88.1 cm³/mol. The number of rotatable bonds is 3. The van der Waals surface area contributed by atoms with E-state index in [9.17, 15) is 0 Å². The number of fused-ring (bicyclic) bond motifs is 1. The molecule has 0 saturated carbocycles. The number of aryl methyl sites for hydroxylation is 2. The van der Waals surface area contributed by atoms with E-state index in [1.165, 1.54) is 5.56 Å². The topological polar surface area (TPSA) is 72.9 Å². The van der Waals surface area contributed by atoms with Crippen LogP contribution in [-0.4, -0.2) is 36.4 Å². The maximum absolute atomic E-state index is 5.91. The monoisotopic (exact) mass is 324 g/mol. The molecule has 0 aliphatic carbocycles. The number of hydrogen-bond acceptors (Lipinski definition) is 6. The number of aromatic nitrogens is 5. The summed E-state index contributed by atoms with van der Waals surface area (Å²) in [5, 5.41) is 16.9. The van der Waals surface area contributed by atoms with Crippen molar-refractivity contribution in [1.29, 1.82) is 0 Å². The number of hydrogen-bond donors (Lipinski definition) is 0. The minimum atomic E-state index is 0.0439. The Kier molecular flexibility index (Phi) is 3.65. The Bertz CT molecular complexity index is 850. The highest BCUT2D eigenvalue weighted by Gasteiger charge is 2.27. The first-order valence-electron chi connectivity index (χ1n) is 8.15. The molecule has 2 aromatic heterocycles. The lowest BCUT2D eigenvalue weighted by atomic mass is 10.1. The molecule has 0 fully saturated rings. The predicted octanol–water partition coefficient (Wildman–Crippen LogP) is 2.52. The van der Waals surface area contributed by atoms with Crippen LogP contribution >= 0.6 is 0 Å². The lowest BCUT2D eigenvalue weighted by Gasteiger charge is -2.30. The Morgan fingerprint density at radius 1 is 1.00 bits per heavy atom. The lowest BCUT2D eigenvalue weighted by Crippen LogP contribution is -2.36. The lowest BCUT2D eigenvalue weighted by molar-refractivity contribution is 0.142. The fraction of sp³-hybridized carbons (Fsp3) is 0.412. The van der Waals surface area contributed by atoms with Crippen molar-refractivity contribution in [2.24, 2.45) is 0 Å². The average molecular weight is 324 g/mol. The van der Waals surface area contributed by atoms with Crippen LogP contribution in [0.4, 0.5) is 0 Å². The highest BCUT2D eigenvalue weighted by atomic mass is 16.4. The maximum atomic E-state index is 5.91. The summed E-state index contributed by atoms with van der Waals surface area (Å²) >= 11 is 0. The van der Waals surface area contributed by atoms with Gasteiger partial charge in [0, 0.05) is 18.7 Å². The van der Waals surface area contributed by atoms with Crippen molar-refractivity contribution in [2.45, 2.75) is 39.9 Å². The summed E-state index contributed by atoms with van der Waals surface area (Å²) in [4.78, 5) is 2.29. The molecule has 0 N–H and O–H groups in total. The summed E-state index contributed by atoms with van der Waals surface area (Å²) in [6.07, 6.45) is 0. The summed E-state index contributed by atoms with van der Waals surface area (Å²) in [5.74, 6) is 3.16. The fourth-order valence-corrected chi connectivity index (χ4v) is 3.02. The zero-order valence-electron chi connectivity index (χ0n) is 14.1. The molecule has 7 heteroatoms. The third kappa shape index (κ3) is 2.60. The van der Waals surface area contributed by atoms with Crippen molar-refractivity contribution in [3.05, 3.63) is 47.4 Å². The van der Waals surface area contributed by atoms with Crippen LogP contribution in [0.15, 0.2) is 28.7 Å². The van der Waals surface area contributed by atoms with E-state index in [1.807, 2.05) is 31.2 Å². The van der Waals surface area contributed by atoms with Crippen LogP contribution in [0.5, 0.6) is 0 Å². The van der Waals surface area contributed by atoms with Gasteiger partial charge in [0.1, 0.15) is 11.6 Å². The van der Waals surface area contributed by atoms with E-state index in [0.717, 1.165) is 36.8 Å². The van der Waals surface area contributed by atoms with Crippen LogP contribution in [0.25, 0.3) is 11.5 Å². The Labute approximate surface area is 140 Å². The van der Waals surface area contributed by atoms with Gasteiger partial charge in [-0.15, -0.1) is 20.4 Å². The molecular formula is C17H20N6O. The maximum Gasteiger partial charge on any atom is 0.247 e. The molecule has 0 unspecified atom stereocenters. The normalized spacial score (nSPS) is 16.1. The number of benzene rings is 1. The molecule has 1 aliphatic rings. The summed E-state index contributed by atoms with van der Waals surface area (Å²) in [5.41, 5.74) is 2.15. The summed E-state index contributed by atoms with van der Waals surface area (Å²) in [7, 11) is 0. The third-order valence-electron chi connectivity index (χ3n) is 4.61. The molecule has 1 aromatic carbocycles. The molecule has 0 amide bonds. The molecule has 1 atom stereocenters.